The van der Waals surface area contributed by atoms with Gasteiger partial charge in [-0.3, -0.25) is 0 Å². The molecule has 2 aliphatic heterocycles. The lowest BCUT2D eigenvalue weighted by atomic mass is 9.81. The van der Waals surface area contributed by atoms with Crippen LogP contribution in [0.3, 0.4) is 0 Å². The molecule has 0 bridgehead atoms. The smallest absolute Gasteiger partial charge is 0.126 e. The van der Waals surface area contributed by atoms with Crippen molar-refractivity contribution in [2.75, 3.05) is 19.6 Å². The fourth-order valence-corrected chi connectivity index (χ4v) is 5.58. The lowest BCUT2D eigenvalue weighted by Crippen LogP contribution is -2.51. The minimum atomic E-state index is -0.537. The van der Waals surface area contributed by atoms with Crippen molar-refractivity contribution >= 4 is 10.9 Å². The normalized spacial score (nSPS) is 21.5. The van der Waals surface area contributed by atoms with Gasteiger partial charge in [0, 0.05) is 53.8 Å². The molecule has 170 valence electrons. The van der Waals surface area contributed by atoms with Crippen molar-refractivity contribution in [2.24, 2.45) is 0 Å². The Bertz CT molecular complexity index is 1160. The van der Waals surface area contributed by atoms with Crippen LogP contribution in [0.5, 0.6) is 5.75 Å². The summed E-state index contributed by atoms with van der Waals surface area (Å²) >= 11 is 0. The number of piperidine rings is 1. The van der Waals surface area contributed by atoms with Gasteiger partial charge in [0.1, 0.15) is 11.4 Å². The molecule has 5 nitrogen and oxygen atoms in total. The van der Waals surface area contributed by atoms with Crippen LogP contribution in [0.25, 0.3) is 10.9 Å². The molecule has 1 saturated heterocycles. The van der Waals surface area contributed by atoms with Gasteiger partial charge in [-0.05, 0) is 75.4 Å². The minimum absolute atomic E-state index is 0.316. The van der Waals surface area contributed by atoms with E-state index in [1.807, 2.05) is 6.92 Å². The number of fused-ring (bicyclic) bond motifs is 2. The Morgan fingerprint density at radius 3 is 2.56 bits per heavy atom. The van der Waals surface area contributed by atoms with Crippen LogP contribution < -0.4 is 4.74 Å². The number of aromatic nitrogens is 1. The molecule has 0 aliphatic carbocycles. The number of β-amino-alcohol motifs (C(OH)–C–C–N with tert-alkyl or cyclic N) is 1. The second-order valence-corrected chi connectivity index (χ2v) is 10.0. The van der Waals surface area contributed by atoms with Crippen LogP contribution in [0.15, 0.2) is 30.3 Å². The first-order chi connectivity index (χ1) is 15.2. The highest BCUT2D eigenvalue weighted by molar-refractivity contribution is 5.85. The number of aryl methyl sites for hydroxylation is 4. The van der Waals surface area contributed by atoms with Crippen LogP contribution >= 0.6 is 0 Å². The maximum atomic E-state index is 11.1. The molecule has 0 radical (unpaired) electrons. The Hall–Kier alpha value is -2.34. The number of aliphatic hydroxyl groups is 2. The SMILES string of the molecule is Cc1ccc2c([C@@H](O)CN3CCC4(CC3)C[C@H](O)c3cc(C)c(C)cc3O4)c(C)[nH]c2c1. The van der Waals surface area contributed by atoms with Crippen molar-refractivity contribution in [1.29, 1.82) is 0 Å². The van der Waals surface area contributed by atoms with Crippen molar-refractivity contribution in [2.45, 2.75) is 64.8 Å². The summed E-state index contributed by atoms with van der Waals surface area (Å²) in [5, 5.41) is 23.1. The highest BCUT2D eigenvalue weighted by Crippen LogP contribution is 2.45. The number of hydrogen-bond donors (Lipinski definition) is 3. The van der Waals surface area contributed by atoms with Crippen molar-refractivity contribution in [1.82, 2.24) is 9.88 Å². The van der Waals surface area contributed by atoms with Crippen LogP contribution in [0.4, 0.5) is 0 Å². The third-order valence-corrected chi connectivity index (χ3v) is 7.60. The monoisotopic (exact) mass is 434 g/mol. The van der Waals surface area contributed by atoms with E-state index < -0.39 is 12.2 Å². The third-order valence-electron chi connectivity index (χ3n) is 7.60. The van der Waals surface area contributed by atoms with Crippen molar-refractivity contribution in [3.05, 3.63) is 63.8 Å². The quantitative estimate of drug-likeness (QED) is 0.555. The molecule has 3 aromatic rings. The van der Waals surface area contributed by atoms with Gasteiger partial charge in [0.15, 0.2) is 0 Å². The van der Waals surface area contributed by atoms with Crippen molar-refractivity contribution in [3.8, 4) is 5.75 Å². The molecule has 32 heavy (non-hydrogen) atoms. The van der Waals surface area contributed by atoms with Crippen molar-refractivity contribution < 1.29 is 14.9 Å². The number of benzene rings is 2. The number of ether oxygens (including phenoxy) is 1. The second kappa shape index (κ2) is 7.91. The lowest BCUT2D eigenvalue weighted by molar-refractivity contribution is -0.0588. The van der Waals surface area contributed by atoms with Crippen LogP contribution in [0, 0.1) is 27.7 Å². The molecule has 3 N–H and O–H groups in total. The summed E-state index contributed by atoms with van der Waals surface area (Å²) in [7, 11) is 0. The van der Waals surface area contributed by atoms with E-state index in [1.165, 1.54) is 16.7 Å². The molecule has 2 aromatic carbocycles. The van der Waals surface area contributed by atoms with E-state index >= 15 is 0 Å². The molecule has 1 spiro atoms. The maximum absolute atomic E-state index is 11.1. The highest BCUT2D eigenvalue weighted by atomic mass is 16.5. The van der Waals surface area contributed by atoms with Crippen LogP contribution in [-0.2, 0) is 0 Å². The molecule has 5 heteroatoms. The van der Waals surface area contributed by atoms with E-state index in [1.54, 1.807) is 0 Å². The Balaban J connectivity index is 1.28. The van der Waals surface area contributed by atoms with Gasteiger partial charge >= 0.3 is 0 Å². The summed E-state index contributed by atoms with van der Waals surface area (Å²) < 4.78 is 6.53. The Labute approximate surface area is 190 Å². The minimum Gasteiger partial charge on any atom is -0.487 e. The number of hydrogen-bond acceptors (Lipinski definition) is 4. The number of aromatic amines is 1. The number of H-pyrrole nitrogens is 1. The zero-order chi connectivity index (χ0) is 22.6. The maximum Gasteiger partial charge on any atom is 0.126 e. The topological polar surface area (TPSA) is 68.7 Å². The fraction of sp³-hybridized carbons (Fsp3) is 0.481. The van der Waals surface area contributed by atoms with E-state index in [0.29, 0.717) is 13.0 Å². The first kappa shape index (κ1) is 21.5. The molecule has 0 unspecified atom stereocenters. The first-order valence-corrected chi connectivity index (χ1v) is 11.7. The second-order valence-electron chi connectivity index (χ2n) is 10.0. The van der Waals surface area contributed by atoms with E-state index in [0.717, 1.165) is 59.4 Å². The standard InChI is InChI=1S/C27H34N2O3/c1-16-5-6-20-22(11-16)28-19(4)26(20)24(31)15-29-9-7-27(8-10-29)14-23(30)21-12-17(2)18(3)13-25(21)32-27/h5-6,11-13,23-24,28,30-31H,7-10,14-15H2,1-4H3/t23-,24-/m0/s1. The number of rotatable bonds is 3. The average Bonchev–Trinajstić information content (AvgIpc) is 3.06. The summed E-state index contributed by atoms with van der Waals surface area (Å²) in [6, 6.07) is 10.5. The van der Waals surface area contributed by atoms with Crippen LogP contribution in [0.2, 0.25) is 0 Å². The number of nitrogens with one attached hydrogen (secondary N) is 1. The van der Waals surface area contributed by atoms with E-state index in [9.17, 15) is 10.2 Å². The van der Waals surface area contributed by atoms with E-state index in [4.69, 9.17) is 4.74 Å². The van der Waals surface area contributed by atoms with E-state index in [2.05, 4.69) is 61.0 Å². The van der Waals surface area contributed by atoms with E-state index in [-0.39, 0.29) is 5.60 Å². The van der Waals surface area contributed by atoms with Gasteiger partial charge < -0.3 is 24.8 Å². The predicted molar refractivity (Wildman–Crippen MR) is 127 cm³/mol. The Morgan fingerprint density at radius 1 is 1.09 bits per heavy atom. The Kier molecular flexibility index (Phi) is 5.31. The van der Waals surface area contributed by atoms with Gasteiger partial charge in [0.2, 0.25) is 0 Å². The molecule has 1 fully saturated rings. The van der Waals surface area contributed by atoms with Gasteiger partial charge in [0.05, 0.1) is 12.2 Å². The Morgan fingerprint density at radius 2 is 1.81 bits per heavy atom. The predicted octanol–water partition coefficient (Wildman–Crippen LogP) is 4.79. The van der Waals surface area contributed by atoms with Gasteiger partial charge in [-0.1, -0.05) is 12.1 Å². The summed E-state index contributed by atoms with van der Waals surface area (Å²) in [6.07, 6.45) is 1.33. The van der Waals surface area contributed by atoms with Crippen LogP contribution in [-0.4, -0.2) is 45.3 Å². The van der Waals surface area contributed by atoms with Gasteiger partial charge in [-0.15, -0.1) is 0 Å². The lowest BCUT2D eigenvalue weighted by Gasteiger charge is -2.46. The summed E-state index contributed by atoms with van der Waals surface area (Å²) in [6.45, 7) is 10.6. The van der Waals surface area contributed by atoms with Gasteiger partial charge in [0.25, 0.3) is 0 Å². The molecular weight excluding hydrogens is 400 g/mol. The zero-order valence-electron chi connectivity index (χ0n) is 19.5. The average molecular weight is 435 g/mol. The number of likely N-dealkylation sites (tertiary alicyclic amines) is 1. The van der Waals surface area contributed by atoms with Gasteiger partial charge in [-0.2, -0.15) is 0 Å². The molecule has 0 saturated carbocycles. The van der Waals surface area contributed by atoms with Crippen molar-refractivity contribution in [3.63, 3.8) is 0 Å². The molecule has 3 heterocycles. The largest absolute Gasteiger partial charge is 0.487 e. The zero-order valence-corrected chi connectivity index (χ0v) is 19.5. The molecule has 1 aromatic heterocycles. The number of aliphatic hydroxyl groups excluding tert-OH is 2. The molecule has 5 rings (SSSR count). The van der Waals surface area contributed by atoms with Crippen LogP contribution in [0.1, 0.15) is 65.0 Å². The molecular formula is C27H34N2O3. The number of nitrogens with zero attached hydrogens (tertiary/aromatic N) is 1. The fourth-order valence-electron chi connectivity index (χ4n) is 5.58. The summed E-state index contributed by atoms with van der Waals surface area (Å²) in [4.78, 5) is 5.76. The summed E-state index contributed by atoms with van der Waals surface area (Å²) in [5.74, 6) is 0.838. The van der Waals surface area contributed by atoms with Gasteiger partial charge in [-0.25, -0.2) is 0 Å². The molecule has 2 atom stereocenters. The molecule has 0 amide bonds. The summed E-state index contributed by atoms with van der Waals surface area (Å²) in [5.41, 5.74) is 7.32. The first-order valence-electron chi connectivity index (χ1n) is 11.7. The third kappa shape index (κ3) is 3.72. The highest BCUT2D eigenvalue weighted by Gasteiger charge is 2.43. The molecule has 2 aliphatic rings.